The predicted octanol–water partition coefficient (Wildman–Crippen LogP) is 1.13. The molecule has 0 aromatic heterocycles. The number of phenols is 1. The molecule has 7 heteroatoms. The molecule has 115 valence electrons. The molecular weight excluding hydrogens is 278 g/mol. The summed E-state index contributed by atoms with van der Waals surface area (Å²) in [6.07, 6.45) is 0. The van der Waals surface area contributed by atoms with Crippen LogP contribution in [0.4, 0.5) is 4.39 Å². The number of carbonyl (C=O) groups is 1. The summed E-state index contributed by atoms with van der Waals surface area (Å²) in [7, 11) is 2.22. The first kappa shape index (κ1) is 17.5. The van der Waals surface area contributed by atoms with Crippen molar-refractivity contribution in [2.45, 2.75) is 38.9 Å². The largest absolute Gasteiger partial charge is 0.507 e. The van der Waals surface area contributed by atoms with Gasteiger partial charge in [-0.25, -0.2) is 9.18 Å². The monoisotopic (exact) mass is 297 g/mol. The van der Waals surface area contributed by atoms with Gasteiger partial charge in [-0.2, -0.15) is 0 Å². The van der Waals surface area contributed by atoms with E-state index in [1.807, 2.05) is 0 Å². The molecular formula is C14H19BFO5. The smallest absolute Gasteiger partial charge is 0.341 e. The van der Waals surface area contributed by atoms with E-state index < -0.39 is 28.7 Å². The van der Waals surface area contributed by atoms with Crippen molar-refractivity contribution in [2.75, 3.05) is 7.11 Å². The summed E-state index contributed by atoms with van der Waals surface area (Å²) in [5.41, 5.74) is -2.45. The Balaban J connectivity index is 2.97. The number of rotatable bonds is 5. The lowest BCUT2D eigenvalue weighted by molar-refractivity contribution is -0.0893. The van der Waals surface area contributed by atoms with E-state index in [0.29, 0.717) is 0 Å². The molecule has 2 N–H and O–H groups in total. The predicted molar refractivity (Wildman–Crippen MR) is 76.3 cm³/mol. The topological polar surface area (TPSA) is 76.0 Å². The average Bonchev–Trinajstić information content (AvgIpc) is 2.37. The molecule has 0 saturated carbocycles. The van der Waals surface area contributed by atoms with Gasteiger partial charge in [0.05, 0.1) is 18.3 Å². The van der Waals surface area contributed by atoms with Gasteiger partial charge in [0.1, 0.15) is 17.1 Å². The number of hydrogen-bond acceptors (Lipinski definition) is 5. The highest BCUT2D eigenvalue weighted by molar-refractivity contribution is 6.47. The molecule has 21 heavy (non-hydrogen) atoms. The van der Waals surface area contributed by atoms with Gasteiger partial charge in [0.25, 0.3) is 0 Å². The van der Waals surface area contributed by atoms with E-state index in [9.17, 15) is 19.4 Å². The lowest BCUT2D eigenvalue weighted by atomic mass is 9.82. The number of ether oxygens (including phenoxy) is 1. The molecule has 0 saturated heterocycles. The summed E-state index contributed by atoms with van der Waals surface area (Å²) < 4.78 is 23.7. The fourth-order valence-corrected chi connectivity index (χ4v) is 1.30. The molecule has 0 unspecified atom stereocenters. The van der Waals surface area contributed by atoms with E-state index in [-0.39, 0.29) is 11.0 Å². The molecule has 5 nitrogen and oxygen atoms in total. The molecule has 0 atom stereocenters. The third-order valence-electron chi connectivity index (χ3n) is 3.47. The van der Waals surface area contributed by atoms with Crippen molar-refractivity contribution in [1.29, 1.82) is 0 Å². The minimum absolute atomic E-state index is 0.0440. The Morgan fingerprint density at radius 3 is 2.33 bits per heavy atom. The zero-order chi connectivity index (χ0) is 16.4. The van der Waals surface area contributed by atoms with Crippen molar-refractivity contribution >= 4 is 18.9 Å². The zero-order valence-corrected chi connectivity index (χ0v) is 12.7. The first-order chi connectivity index (χ1) is 9.49. The molecule has 0 heterocycles. The molecule has 0 fully saturated rings. The molecule has 0 amide bonds. The second kappa shape index (κ2) is 6.03. The summed E-state index contributed by atoms with van der Waals surface area (Å²) in [4.78, 5) is 11.3. The van der Waals surface area contributed by atoms with Crippen molar-refractivity contribution in [1.82, 2.24) is 0 Å². The van der Waals surface area contributed by atoms with Crippen molar-refractivity contribution < 1.29 is 28.8 Å². The van der Waals surface area contributed by atoms with Gasteiger partial charge in [-0.1, -0.05) is 0 Å². The molecule has 1 aromatic rings. The maximum atomic E-state index is 13.9. The normalized spacial score (nSPS) is 12.1. The van der Waals surface area contributed by atoms with Gasteiger partial charge in [0.2, 0.25) is 0 Å². The third kappa shape index (κ3) is 3.95. The molecule has 0 aliphatic carbocycles. The van der Waals surface area contributed by atoms with E-state index >= 15 is 0 Å². The first-order valence-corrected chi connectivity index (χ1v) is 6.34. The number of hydrogen-bond donors (Lipinski definition) is 2. The summed E-state index contributed by atoms with van der Waals surface area (Å²) in [6.45, 7) is 6.41. The van der Waals surface area contributed by atoms with Crippen LogP contribution in [0.3, 0.4) is 0 Å². The van der Waals surface area contributed by atoms with Crippen LogP contribution in [0.2, 0.25) is 0 Å². The van der Waals surface area contributed by atoms with Crippen LogP contribution in [0.5, 0.6) is 5.75 Å². The van der Waals surface area contributed by atoms with Gasteiger partial charge in [-0.15, -0.1) is 0 Å². The Kier molecular flexibility index (Phi) is 5.01. The lowest BCUT2D eigenvalue weighted by Gasteiger charge is -2.37. The number of phenolic OH excluding ortho intramolecular Hbond substituents is 1. The minimum Gasteiger partial charge on any atom is -0.507 e. The SMILES string of the molecule is COC(=O)c1cc(F)c([B]OC(C)(C)C(C)(C)O)cc1O. The highest BCUT2D eigenvalue weighted by atomic mass is 19.1. The summed E-state index contributed by atoms with van der Waals surface area (Å²) in [5, 5.41) is 19.7. The second-order valence-electron chi connectivity index (χ2n) is 5.69. The van der Waals surface area contributed by atoms with E-state index in [2.05, 4.69) is 4.74 Å². The van der Waals surface area contributed by atoms with Crippen molar-refractivity contribution in [3.8, 4) is 5.75 Å². The standard InChI is InChI=1S/C14H19BFO5/c1-13(2,19)14(3,4)21-15-9-7-11(17)8(6-10(9)16)12(18)20-5/h6-7,17,19H,1-5H3. The summed E-state index contributed by atoms with van der Waals surface area (Å²) in [6, 6.07) is 1.93. The van der Waals surface area contributed by atoms with Crippen LogP contribution in [0.25, 0.3) is 0 Å². The molecule has 1 rings (SSSR count). The Morgan fingerprint density at radius 2 is 1.86 bits per heavy atom. The summed E-state index contributed by atoms with van der Waals surface area (Å²) >= 11 is 0. The molecule has 0 bridgehead atoms. The van der Waals surface area contributed by atoms with Gasteiger partial charge in [0, 0.05) is 0 Å². The number of halogens is 1. The number of carbonyl (C=O) groups excluding carboxylic acids is 1. The van der Waals surface area contributed by atoms with Gasteiger partial charge in [-0.05, 0) is 45.3 Å². The number of benzene rings is 1. The fraction of sp³-hybridized carbons (Fsp3) is 0.500. The Hall–Kier alpha value is -1.60. The van der Waals surface area contributed by atoms with Gasteiger partial charge >= 0.3 is 13.5 Å². The second-order valence-corrected chi connectivity index (χ2v) is 5.69. The highest BCUT2D eigenvalue weighted by Gasteiger charge is 2.36. The van der Waals surface area contributed by atoms with Crippen LogP contribution in [-0.4, -0.2) is 42.0 Å². The van der Waals surface area contributed by atoms with Crippen LogP contribution in [0.15, 0.2) is 12.1 Å². The number of aliphatic hydroxyl groups is 1. The van der Waals surface area contributed by atoms with Crippen molar-refractivity contribution in [2.24, 2.45) is 0 Å². The highest BCUT2D eigenvalue weighted by Crippen LogP contribution is 2.24. The molecule has 0 aliphatic heterocycles. The van der Waals surface area contributed by atoms with Gasteiger partial charge in [-0.3, -0.25) is 0 Å². The number of esters is 1. The number of aromatic hydroxyl groups is 1. The first-order valence-electron chi connectivity index (χ1n) is 6.34. The zero-order valence-electron chi connectivity index (χ0n) is 12.7. The lowest BCUT2D eigenvalue weighted by Crippen LogP contribution is -2.49. The van der Waals surface area contributed by atoms with E-state index in [1.54, 1.807) is 27.7 Å². The van der Waals surface area contributed by atoms with Crippen LogP contribution in [0, 0.1) is 5.82 Å². The third-order valence-corrected chi connectivity index (χ3v) is 3.47. The van der Waals surface area contributed by atoms with E-state index in [0.717, 1.165) is 26.7 Å². The maximum Gasteiger partial charge on any atom is 0.341 e. The van der Waals surface area contributed by atoms with Crippen LogP contribution in [0.1, 0.15) is 38.1 Å². The summed E-state index contributed by atoms with van der Waals surface area (Å²) in [5.74, 6) is -2.00. The van der Waals surface area contributed by atoms with Crippen LogP contribution < -0.4 is 5.46 Å². The molecule has 1 aromatic carbocycles. The quantitative estimate of drug-likeness (QED) is 0.629. The van der Waals surface area contributed by atoms with E-state index in [1.165, 1.54) is 0 Å². The van der Waals surface area contributed by atoms with Crippen molar-refractivity contribution in [3.63, 3.8) is 0 Å². The van der Waals surface area contributed by atoms with Crippen LogP contribution >= 0.6 is 0 Å². The number of methoxy groups -OCH3 is 1. The molecule has 1 radical (unpaired) electrons. The minimum atomic E-state index is -1.16. The fourth-order valence-electron chi connectivity index (χ4n) is 1.30. The van der Waals surface area contributed by atoms with Gasteiger partial charge < -0.3 is 19.6 Å². The molecule has 0 aliphatic rings. The Morgan fingerprint density at radius 1 is 1.29 bits per heavy atom. The Bertz CT molecular complexity index is 537. The molecule has 0 spiro atoms. The van der Waals surface area contributed by atoms with Crippen LogP contribution in [-0.2, 0) is 9.39 Å². The van der Waals surface area contributed by atoms with E-state index in [4.69, 9.17) is 4.65 Å². The van der Waals surface area contributed by atoms with Crippen molar-refractivity contribution in [3.05, 3.63) is 23.5 Å². The Labute approximate surface area is 124 Å². The average molecular weight is 297 g/mol. The van der Waals surface area contributed by atoms with Gasteiger partial charge in [0.15, 0.2) is 0 Å². The maximum absolute atomic E-state index is 13.9.